The molecule has 0 aromatic heterocycles. The van der Waals surface area contributed by atoms with Gasteiger partial charge in [-0.15, -0.1) is 5.47 Å². The van der Waals surface area contributed by atoms with Gasteiger partial charge in [-0.1, -0.05) is 32.3 Å². The zero-order valence-electron chi connectivity index (χ0n) is 8.54. The van der Waals surface area contributed by atoms with Gasteiger partial charge in [0.25, 0.3) is 0 Å². The molecule has 1 heteroatoms. The molecule has 0 unspecified atom stereocenters. The average molecular weight is 152 g/mol. The molecule has 11 heavy (non-hydrogen) atoms. The Labute approximate surface area is 72.5 Å². The van der Waals surface area contributed by atoms with E-state index in [-0.39, 0.29) is 0 Å². The van der Waals surface area contributed by atoms with Crippen LogP contribution in [0.25, 0.3) is 0 Å². The molecule has 0 rings (SSSR count). The highest BCUT2D eigenvalue weighted by atomic mass is 14.0. The minimum absolute atomic E-state index is 1.22. The summed E-state index contributed by atoms with van der Waals surface area (Å²) < 4.78 is 0. The second-order valence-electron chi connectivity index (χ2n) is 3.37. The van der Waals surface area contributed by atoms with Gasteiger partial charge in [0.05, 0.1) is 0 Å². The van der Waals surface area contributed by atoms with Crippen LogP contribution in [0.5, 0.6) is 0 Å². The van der Waals surface area contributed by atoms with Crippen molar-refractivity contribution in [2.24, 2.45) is 0 Å². The molecule has 64 valence electrons. The topological polar surface area (TPSA) is 0 Å². The van der Waals surface area contributed by atoms with E-state index in [0.29, 0.717) is 0 Å². The van der Waals surface area contributed by atoms with E-state index in [1.807, 2.05) is 0 Å². The van der Waals surface area contributed by atoms with Crippen molar-refractivity contribution in [3.63, 3.8) is 0 Å². The van der Waals surface area contributed by atoms with E-state index in [2.05, 4.69) is 28.6 Å². The van der Waals surface area contributed by atoms with Gasteiger partial charge in [-0.25, -0.2) is 0 Å². The number of unbranched alkanes of at least 4 members (excludes halogenated alkanes) is 2. The van der Waals surface area contributed by atoms with Crippen molar-refractivity contribution >= 4 is 7.85 Å². The monoisotopic (exact) mass is 152 g/mol. The van der Waals surface area contributed by atoms with Gasteiger partial charge in [0.2, 0.25) is 0 Å². The first-order valence-electron chi connectivity index (χ1n) is 4.87. The second-order valence-corrected chi connectivity index (χ2v) is 3.37. The van der Waals surface area contributed by atoms with Gasteiger partial charge < -0.3 is 0 Å². The Hall–Kier alpha value is -0.195. The fourth-order valence-electron chi connectivity index (χ4n) is 1.16. The van der Waals surface area contributed by atoms with Gasteiger partial charge in [0.15, 0.2) is 0 Å². The van der Waals surface area contributed by atoms with E-state index < -0.39 is 0 Å². The Kier molecular flexibility index (Phi) is 6.40. The quantitative estimate of drug-likeness (QED) is 0.419. The molecule has 0 nitrogen and oxygen atoms in total. The zero-order valence-corrected chi connectivity index (χ0v) is 8.54. The van der Waals surface area contributed by atoms with Gasteiger partial charge >= 0.3 is 0 Å². The lowest BCUT2D eigenvalue weighted by molar-refractivity contribution is 0.710. The largest absolute Gasteiger partial charge is 0.133 e. The molecular formula is C10H21B. The highest BCUT2D eigenvalue weighted by Gasteiger charge is 1.93. The first-order valence-corrected chi connectivity index (χ1v) is 4.87. The van der Waals surface area contributed by atoms with Crippen molar-refractivity contribution in [3.8, 4) is 0 Å². The fraction of sp³-hybridized carbons (Fsp3) is 0.800. The minimum Gasteiger partial charge on any atom is -0.111 e. The molecule has 0 saturated carbocycles. The van der Waals surface area contributed by atoms with Crippen molar-refractivity contribution in [2.45, 2.75) is 52.9 Å². The summed E-state index contributed by atoms with van der Waals surface area (Å²) >= 11 is 0. The lowest BCUT2D eigenvalue weighted by atomic mass is 9.87. The first-order chi connectivity index (χ1) is 5.22. The van der Waals surface area contributed by atoms with E-state index in [1.165, 1.54) is 32.1 Å². The van der Waals surface area contributed by atoms with E-state index in [4.69, 9.17) is 0 Å². The summed E-state index contributed by atoms with van der Waals surface area (Å²) in [7, 11) is 2.25. The molecule has 0 radical (unpaired) electrons. The van der Waals surface area contributed by atoms with Gasteiger partial charge in [0, 0.05) is 0 Å². The lowest BCUT2D eigenvalue weighted by Gasteiger charge is -2.04. The second kappa shape index (κ2) is 6.51. The number of hydrogen-bond acceptors (Lipinski definition) is 0. The van der Waals surface area contributed by atoms with Crippen LogP contribution in [0.15, 0.2) is 11.0 Å². The molecule has 0 aromatic rings. The maximum atomic E-state index is 2.27. The van der Waals surface area contributed by atoms with E-state index >= 15 is 0 Å². The van der Waals surface area contributed by atoms with Crippen LogP contribution in [-0.2, 0) is 0 Å². The zero-order chi connectivity index (χ0) is 8.69. The summed E-state index contributed by atoms with van der Waals surface area (Å²) in [6.45, 7) is 6.76. The summed E-state index contributed by atoms with van der Waals surface area (Å²) in [5.74, 6) is 0. The van der Waals surface area contributed by atoms with Crippen LogP contribution < -0.4 is 0 Å². The standard InChI is InChI=1S/C10H21B/c1-4-6-7-8-9(3)10(11)5-2/h4-8,11H2,1-3H3/b10-9-. The van der Waals surface area contributed by atoms with Crippen molar-refractivity contribution in [3.05, 3.63) is 11.0 Å². The number of allylic oxidation sites excluding steroid dienone is 2. The molecular weight excluding hydrogens is 131 g/mol. The van der Waals surface area contributed by atoms with Crippen molar-refractivity contribution < 1.29 is 0 Å². The third-order valence-corrected chi connectivity index (χ3v) is 2.41. The molecule has 0 N–H and O–H groups in total. The molecule has 0 bridgehead atoms. The molecule has 0 aliphatic heterocycles. The van der Waals surface area contributed by atoms with Crippen molar-refractivity contribution in [1.29, 1.82) is 0 Å². The van der Waals surface area contributed by atoms with Crippen molar-refractivity contribution in [1.82, 2.24) is 0 Å². The molecule has 0 fully saturated rings. The van der Waals surface area contributed by atoms with E-state index in [9.17, 15) is 0 Å². The normalized spacial score (nSPS) is 13.0. The van der Waals surface area contributed by atoms with Crippen LogP contribution in [0, 0.1) is 0 Å². The lowest BCUT2D eigenvalue weighted by Crippen LogP contribution is -1.87. The number of rotatable bonds is 5. The van der Waals surface area contributed by atoms with Crippen LogP contribution in [0.2, 0.25) is 0 Å². The third kappa shape index (κ3) is 5.12. The Morgan fingerprint density at radius 2 is 1.82 bits per heavy atom. The Bertz CT molecular complexity index is 125. The minimum atomic E-state index is 1.22. The molecule has 0 amide bonds. The Morgan fingerprint density at radius 3 is 2.27 bits per heavy atom. The summed E-state index contributed by atoms with van der Waals surface area (Å²) in [4.78, 5) is 0. The maximum Gasteiger partial charge on any atom is 0.133 e. The Morgan fingerprint density at radius 1 is 1.18 bits per heavy atom. The van der Waals surface area contributed by atoms with Gasteiger partial charge in [-0.2, -0.15) is 0 Å². The highest BCUT2D eigenvalue weighted by Crippen LogP contribution is 2.12. The first kappa shape index (κ1) is 10.8. The summed E-state index contributed by atoms with van der Waals surface area (Å²) in [6, 6.07) is 0. The van der Waals surface area contributed by atoms with Crippen LogP contribution >= 0.6 is 0 Å². The predicted molar refractivity (Wildman–Crippen MR) is 55.7 cm³/mol. The number of hydrogen-bond donors (Lipinski definition) is 0. The van der Waals surface area contributed by atoms with Crippen LogP contribution in [0.1, 0.15) is 52.9 Å². The fourth-order valence-corrected chi connectivity index (χ4v) is 1.16. The van der Waals surface area contributed by atoms with Gasteiger partial charge in [-0.3, -0.25) is 0 Å². The molecule has 0 aliphatic carbocycles. The molecule has 0 saturated heterocycles. The van der Waals surface area contributed by atoms with E-state index in [1.54, 1.807) is 11.0 Å². The third-order valence-electron chi connectivity index (χ3n) is 2.41. The van der Waals surface area contributed by atoms with Crippen LogP contribution in [-0.4, -0.2) is 7.85 Å². The maximum absolute atomic E-state index is 2.27. The smallest absolute Gasteiger partial charge is 0.111 e. The van der Waals surface area contributed by atoms with Gasteiger partial charge in [-0.05, 0) is 26.2 Å². The molecule has 0 spiro atoms. The SMILES string of the molecule is B/C(CC)=C(/C)CCCCC. The predicted octanol–water partition coefficient (Wildman–Crippen LogP) is 2.88. The molecule has 0 atom stereocenters. The van der Waals surface area contributed by atoms with Crippen molar-refractivity contribution in [2.75, 3.05) is 0 Å². The Balaban J connectivity index is 3.58. The van der Waals surface area contributed by atoms with Crippen LogP contribution in [0.4, 0.5) is 0 Å². The summed E-state index contributed by atoms with van der Waals surface area (Å²) in [5, 5.41) is 0. The van der Waals surface area contributed by atoms with E-state index in [0.717, 1.165) is 0 Å². The average Bonchev–Trinajstić information content (AvgIpc) is 2.03. The molecule has 0 aromatic carbocycles. The molecule has 0 aliphatic rings. The van der Waals surface area contributed by atoms with Crippen LogP contribution in [0.3, 0.4) is 0 Å². The molecule has 0 heterocycles. The summed E-state index contributed by atoms with van der Waals surface area (Å²) in [5.41, 5.74) is 3.20. The summed E-state index contributed by atoms with van der Waals surface area (Å²) in [6.07, 6.45) is 6.62. The van der Waals surface area contributed by atoms with Gasteiger partial charge in [0.1, 0.15) is 7.85 Å². The highest BCUT2D eigenvalue weighted by molar-refractivity contribution is 6.21.